The Balaban J connectivity index is 1.72. The fourth-order valence-corrected chi connectivity index (χ4v) is 2.81. The molecule has 0 aliphatic carbocycles. The number of carbonyl (C=O) groups is 1. The predicted molar refractivity (Wildman–Crippen MR) is 83.4 cm³/mol. The number of nitrogens with one attached hydrogen (secondary N) is 2. The van der Waals surface area contributed by atoms with Crippen molar-refractivity contribution in [3.8, 4) is 11.5 Å². The molecule has 1 aliphatic rings. The summed E-state index contributed by atoms with van der Waals surface area (Å²) in [6.45, 7) is 3.08. The number of H-pyrrole nitrogens is 1. The van der Waals surface area contributed by atoms with Gasteiger partial charge in [-0.15, -0.1) is 0 Å². The first-order chi connectivity index (χ1) is 10.7. The van der Waals surface area contributed by atoms with Crippen molar-refractivity contribution in [3.63, 3.8) is 0 Å². The maximum Gasteiger partial charge on any atom is 0.176 e. The van der Waals surface area contributed by atoms with Gasteiger partial charge < -0.3 is 15.0 Å². The van der Waals surface area contributed by atoms with E-state index in [0.717, 1.165) is 39.4 Å². The molecule has 4 rings (SSSR count). The molecule has 2 aromatic heterocycles. The van der Waals surface area contributed by atoms with Gasteiger partial charge in [0.2, 0.25) is 0 Å². The predicted octanol–water partition coefficient (Wildman–Crippen LogP) is 2.95. The van der Waals surface area contributed by atoms with Crippen LogP contribution in [0, 0.1) is 6.92 Å². The number of ether oxygens (including phenoxy) is 1. The Labute approximate surface area is 127 Å². The number of hydrogen-bond donors (Lipinski definition) is 2. The van der Waals surface area contributed by atoms with E-state index in [2.05, 4.69) is 15.3 Å². The summed E-state index contributed by atoms with van der Waals surface area (Å²) >= 11 is 0. The summed E-state index contributed by atoms with van der Waals surface area (Å²) in [5.74, 6) is 1.60. The lowest BCUT2D eigenvalue weighted by Gasteiger charge is -2.17. The second-order valence-electron chi connectivity index (χ2n) is 5.47. The molecule has 3 heterocycles. The van der Waals surface area contributed by atoms with E-state index in [4.69, 9.17) is 4.74 Å². The molecular formula is C17H15N3O2. The van der Waals surface area contributed by atoms with Crippen LogP contribution in [0.1, 0.15) is 21.6 Å². The molecule has 0 saturated carbocycles. The number of hydrogen-bond acceptors (Lipinski definition) is 4. The smallest absolute Gasteiger partial charge is 0.176 e. The van der Waals surface area contributed by atoms with Crippen LogP contribution in [-0.4, -0.2) is 22.3 Å². The minimum absolute atomic E-state index is 0.125. The van der Waals surface area contributed by atoms with Gasteiger partial charge in [0, 0.05) is 24.0 Å². The second kappa shape index (κ2) is 4.96. The lowest BCUT2D eigenvalue weighted by atomic mass is 10.00. The van der Waals surface area contributed by atoms with Crippen LogP contribution in [0.15, 0.2) is 36.5 Å². The highest BCUT2D eigenvalue weighted by Gasteiger charge is 2.17. The van der Waals surface area contributed by atoms with Crippen molar-refractivity contribution in [3.05, 3.63) is 53.3 Å². The summed E-state index contributed by atoms with van der Waals surface area (Å²) in [4.78, 5) is 19.3. The van der Waals surface area contributed by atoms with Crippen molar-refractivity contribution in [2.24, 2.45) is 0 Å². The second-order valence-corrected chi connectivity index (χ2v) is 5.47. The first-order valence-electron chi connectivity index (χ1n) is 7.20. The maximum atomic E-state index is 11.8. The minimum atomic E-state index is 0.125. The molecule has 110 valence electrons. The van der Waals surface area contributed by atoms with Crippen LogP contribution >= 0.6 is 0 Å². The molecule has 1 aliphatic heterocycles. The lowest BCUT2D eigenvalue weighted by molar-refractivity contribution is 0.0982. The number of carbonyl (C=O) groups excluding carboxylic acids is 1. The Morgan fingerprint density at radius 1 is 1.18 bits per heavy atom. The molecule has 1 aromatic carbocycles. The van der Waals surface area contributed by atoms with E-state index in [1.165, 1.54) is 0 Å². The van der Waals surface area contributed by atoms with Crippen LogP contribution in [0.4, 0.5) is 0 Å². The van der Waals surface area contributed by atoms with Gasteiger partial charge in [0.1, 0.15) is 17.1 Å². The highest BCUT2D eigenvalue weighted by Crippen LogP contribution is 2.30. The number of pyridine rings is 1. The zero-order valence-electron chi connectivity index (χ0n) is 12.1. The van der Waals surface area contributed by atoms with Crippen molar-refractivity contribution < 1.29 is 9.53 Å². The molecule has 0 bridgehead atoms. The summed E-state index contributed by atoms with van der Waals surface area (Å²) in [5.41, 5.74) is 3.61. The zero-order chi connectivity index (χ0) is 15.1. The summed E-state index contributed by atoms with van der Waals surface area (Å²) in [6, 6.07) is 9.47. The van der Waals surface area contributed by atoms with E-state index in [0.29, 0.717) is 13.1 Å². The van der Waals surface area contributed by atoms with Gasteiger partial charge >= 0.3 is 0 Å². The average Bonchev–Trinajstić information content (AvgIpc) is 2.89. The first kappa shape index (κ1) is 13.0. The molecular weight excluding hydrogens is 278 g/mol. The normalized spacial score (nSPS) is 14.1. The molecule has 22 heavy (non-hydrogen) atoms. The summed E-state index contributed by atoms with van der Waals surface area (Å²) in [6.07, 6.45) is 1.72. The molecule has 0 atom stereocenters. The first-order valence-corrected chi connectivity index (χ1v) is 7.20. The maximum absolute atomic E-state index is 11.8. The van der Waals surface area contributed by atoms with E-state index >= 15 is 0 Å². The van der Waals surface area contributed by atoms with Crippen LogP contribution < -0.4 is 10.1 Å². The third-order valence-electron chi connectivity index (χ3n) is 3.83. The van der Waals surface area contributed by atoms with Crippen LogP contribution in [-0.2, 0) is 6.54 Å². The molecule has 3 aromatic rings. The standard InChI is InChI=1S/C17H15N3O2/c1-10-6-14-16(4-5-19-17(14)20-10)22-12-2-3-13-11(7-12)8-18-9-15(13)21/h2-7,18H,8-9H2,1H3,(H,19,20). The van der Waals surface area contributed by atoms with Crippen molar-refractivity contribution in [1.29, 1.82) is 0 Å². The van der Waals surface area contributed by atoms with Gasteiger partial charge in [-0.1, -0.05) is 0 Å². The molecule has 0 unspecified atom stereocenters. The van der Waals surface area contributed by atoms with Crippen LogP contribution in [0.5, 0.6) is 11.5 Å². The molecule has 5 heteroatoms. The van der Waals surface area contributed by atoms with Gasteiger partial charge in [0.25, 0.3) is 0 Å². The Morgan fingerprint density at radius 2 is 2.09 bits per heavy atom. The van der Waals surface area contributed by atoms with Crippen LogP contribution in [0.3, 0.4) is 0 Å². The van der Waals surface area contributed by atoms with E-state index in [1.807, 2.05) is 37.3 Å². The molecule has 0 spiro atoms. The van der Waals surface area contributed by atoms with E-state index in [9.17, 15) is 4.79 Å². The number of aromatic amines is 1. The Morgan fingerprint density at radius 3 is 3.00 bits per heavy atom. The summed E-state index contributed by atoms with van der Waals surface area (Å²) < 4.78 is 6.01. The number of nitrogens with zero attached hydrogens (tertiary/aromatic N) is 1. The summed E-state index contributed by atoms with van der Waals surface area (Å²) in [7, 11) is 0. The fourth-order valence-electron chi connectivity index (χ4n) is 2.81. The van der Waals surface area contributed by atoms with Crippen LogP contribution in [0.25, 0.3) is 11.0 Å². The highest BCUT2D eigenvalue weighted by atomic mass is 16.5. The molecule has 0 fully saturated rings. The SMILES string of the molecule is Cc1cc2c(Oc3ccc4c(c3)CNCC4=O)ccnc2[nH]1. The quantitative estimate of drug-likeness (QED) is 0.762. The number of Topliss-reactive ketones (excluding diaryl/α,β-unsaturated/α-hetero) is 1. The third-order valence-corrected chi connectivity index (χ3v) is 3.83. The van der Waals surface area contributed by atoms with E-state index in [-0.39, 0.29) is 5.78 Å². The third kappa shape index (κ3) is 2.16. The van der Waals surface area contributed by atoms with Gasteiger partial charge in [-0.3, -0.25) is 4.79 Å². The zero-order valence-corrected chi connectivity index (χ0v) is 12.1. The van der Waals surface area contributed by atoms with Crippen molar-refractivity contribution >= 4 is 16.8 Å². The Kier molecular flexibility index (Phi) is 2.94. The molecule has 0 amide bonds. The van der Waals surface area contributed by atoms with Gasteiger partial charge in [0.05, 0.1) is 11.9 Å². The highest BCUT2D eigenvalue weighted by molar-refractivity contribution is 6.00. The van der Waals surface area contributed by atoms with Gasteiger partial charge in [0.15, 0.2) is 5.78 Å². The van der Waals surface area contributed by atoms with Gasteiger partial charge in [-0.25, -0.2) is 4.98 Å². The average molecular weight is 293 g/mol. The molecule has 2 N–H and O–H groups in total. The molecule has 0 radical (unpaired) electrons. The topological polar surface area (TPSA) is 67.0 Å². The number of benzene rings is 1. The number of aryl methyl sites for hydroxylation is 1. The van der Waals surface area contributed by atoms with E-state index in [1.54, 1.807) is 6.20 Å². The van der Waals surface area contributed by atoms with Crippen molar-refractivity contribution in [2.75, 3.05) is 6.54 Å². The minimum Gasteiger partial charge on any atom is -0.457 e. The van der Waals surface area contributed by atoms with Gasteiger partial charge in [-0.2, -0.15) is 0 Å². The lowest BCUT2D eigenvalue weighted by Crippen LogP contribution is -2.29. The Bertz CT molecular complexity index is 883. The van der Waals surface area contributed by atoms with Crippen molar-refractivity contribution in [2.45, 2.75) is 13.5 Å². The monoisotopic (exact) mass is 293 g/mol. The number of fused-ring (bicyclic) bond motifs is 2. The largest absolute Gasteiger partial charge is 0.457 e. The number of rotatable bonds is 2. The fraction of sp³-hybridized carbons (Fsp3) is 0.176. The molecule has 0 saturated heterocycles. The van der Waals surface area contributed by atoms with E-state index < -0.39 is 0 Å². The Hall–Kier alpha value is -2.66. The number of aromatic nitrogens is 2. The van der Waals surface area contributed by atoms with Crippen LogP contribution in [0.2, 0.25) is 0 Å². The van der Waals surface area contributed by atoms with Gasteiger partial charge in [-0.05, 0) is 42.8 Å². The van der Waals surface area contributed by atoms with Crippen molar-refractivity contribution in [1.82, 2.24) is 15.3 Å². The molecule has 5 nitrogen and oxygen atoms in total. The summed E-state index contributed by atoms with van der Waals surface area (Å²) in [5, 5.41) is 4.05. The number of ketones is 1.